The van der Waals surface area contributed by atoms with Crippen molar-refractivity contribution in [1.82, 2.24) is 0 Å². The SMILES string of the molecule is CC1CCC(C(OO)c2ccccc2)CC1. The normalized spacial score (nSPS) is 27.6. The molecule has 1 aliphatic carbocycles. The zero-order valence-corrected chi connectivity index (χ0v) is 9.80. The summed E-state index contributed by atoms with van der Waals surface area (Å²) in [6.07, 6.45) is 4.66. The molecule has 0 radical (unpaired) electrons. The average molecular weight is 220 g/mol. The van der Waals surface area contributed by atoms with Crippen LogP contribution in [-0.4, -0.2) is 5.26 Å². The van der Waals surface area contributed by atoms with Gasteiger partial charge in [-0.25, -0.2) is 4.89 Å². The average Bonchev–Trinajstić information content (AvgIpc) is 2.34. The van der Waals surface area contributed by atoms with Gasteiger partial charge in [0.1, 0.15) is 6.10 Å². The van der Waals surface area contributed by atoms with Crippen molar-refractivity contribution in [3.8, 4) is 0 Å². The van der Waals surface area contributed by atoms with Gasteiger partial charge in [0.15, 0.2) is 0 Å². The number of rotatable bonds is 3. The van der Waals surface area contributed by atoms with Gasteiger partial charge in [0.05, 0.1) is 0 Å². The Hall–Kier alpha value is -0.860. The lowest BCUT2D eigenvalue weighted by Crippen LogP contribution is -2.20. The highest BCUT2D eigenvalue weighted by Gasteiger charge is 2.28. The minimum absolute atomic E-state index is 0.145. The molecule has 2 heteroatoms. The van der Waals surface area contributed by atoms with Gasteiger partial charge in [0.25, 0.3) is 0 Å². The van der Waals surface area contributed by atoms with E-state index in [1.165, 1.54) is 12.8 Å². The Kier molecular flexibility index (Phi) is 3.97. The summed E-state index contributed by atoms with van der Waals surface area (Å²) in [5.41, 5.74) is 1.09. The van der Waals surface area contributed by atoms with Gasteiger partial charge in [0.2, 0.25) is 0 Å². The zero-order chi connectivity index (χ0) is 11.4. The molecular formula is C14H20O2. The van der Waals surface area contributed by atoms with Crippen LogP contribution in [0.5, 0.6) is 0 Å². The van der Waals surface area contributed by atoms with Gasteiger partial charge in [-0.1, -0.05) is 50.1 Å². The highest BCUT2D eigenvalue weighted by Crippen LogP contribution is 2.38. The first-order valence-electron chi connectivity index (χ1n) is 6.16. The van der Waals surface area contributed by atoms with Crippen LogP contribution in [0.25, 0.3) is 0 Å². The molecule has 1 aromatic carbocycles. The van der Waals surface area contributed by atoms with Crippen LogP contribution in [0.3, 0.4) is 0 Å². The molecule has 1 aliphatic rings. The smallest absolute Gasteiger partial charge is 0.120 e. The Bertz CT molecular complexity index is 302. The molecule has 16 heavy (non-hydrogen) atoms. The first-order valence-corrected chi connectivity index (χ1v) is 6.16. The molecule has 1 unspecified atom stereocenters. The molecule has 0 bridgehead atoms. The van der Waals surface area contributed by atoms with E-state index in [-0.39, 0.29) is 6.10 Å². The lowest BCUT2D eigenvalue weighted by molar-refractivity contribution is -0.296. The molecule has 2 rings (SSSR count). The van der Waals surface area contributed by atoms with E-state index in [1.807, 2.05) is 30.3 Å². The Balaban J connectivity index is 2.05. The van der Waals surface area contributed by atoms with Gasteiger partial charge in [-0.05, 0) is 30.2 Å². The molecule has 1 saturated carbocycles. The van der Waals surface area contributed by atoms with Crippen molar-refractivity contribution in [2.24, 2.45) is 11.8 Å². The summed E-state index contributed by atoms with van der Waals surface area (Å²) in [6, 6.07) is 10.0. The molecule has 0 aromatic heterocycles. The van der Waals surface area contributed by atoms with Gasteiger partial charge in [0, 0.05) is 0 Å². The fourth-order valence-corrected chi connectivity index (χ4v) is 2.65. The Morgan fingerprint density at radius 2 is 1.75 bits per heavy atom. The topological polar surface area (TPSA) is 29.5 Å². The van der Waals surface area contributed by atoms with E-state index < -0.39 is 0 Å². The molecule has 0 aliphatic heterocycles. The lowest BCUT2D eigenvalue weighted by atomic mass is 9.78. The van der Waals surface area contributed by atoms with Gasteiger partial charge < -0.3 is 0 Å². The predicted molar refractivity (Wildman–Crippen MR) is 64.0 cm³/mol. The van der Waals surface area contributed by atoms with E-state index in [0.717, 1.165) is 24.3 Å². The van der Waals surface area contributed by atoms with E-state index in [0.29, 0.717) is 5.92 Å². The summed E-state index contributed by atoms with van der Waals surface area (Å²) >= 11 is 0. The third-order valence-corrected chi connectivity index (χ3v) is 3.73. The quantitative estimate of drug-likeness (QED) is 0.615. The molecule has 0 heterocycles. The van der Waals surface area contributed by atoms with E-state index in [9.17, 15) is 0 Å². The van der Waals surface area contributed by atoms with E-state index >= 15 is 0 Å². The summed E-state index contributed by atoms with van der Waals surface area (Å²) in [4.78, 5) is 4.71. The predicted octanol–water partition coefficient (Wildman–Crippen LogP) is 4.04. The van der Waals surface area contributed by atoms with Gasteiger partial charge in [-0.3, -0.25) is 5.26 Å². The van der Waals surface area contributed by atoms with E-state index in [4.69, 9.17) is 10.1 Å². The summed E-state index contributed by atoms with van der Waals surface area (Å²) in [6.45, 7) is 2.30. The van der Waals surface area contributed by atoms with Crippen molar-refractivity contribution >= 4 is 0 Å². The maximum absolute atomic E-state index is 9.10. The minimum Gasteiger partial charge on any atom is -0.251 e. The van der Waals surface area contributed by atoms with Crippen LogP contribution >= 0.6 is 0 Å². The molecule has 0 amide bonds. The molecular weight excluding hydrogens is 200 g/mol. The second-order valence-electron chi connectivity index (χ2n) is 4.96. The Morgan fingerprint density at radius 3 is 2.31 bits per heavy atom. The van der Waals surface area contributed by atoms with E-state index in [2.05, 4.69) is 6.92 Å². The highest BCUT2D eigenvalue weighted by molar-refractivity contribution is 5.18. The third kappa shape index (κ3) is 2.63. The molecule has 1 fully saturated rings. The van der Waals surface area contributed by atoms with Crippen molar-refractivity contribution in [2.75, 3.05) is 0 Å². The Morgan fingerprint density at radius 1 is 1.12 bits per heavy atom. The second kappa shape index (κ2) is 5.46. The van der Waals surface area contributed by atoms with Crippen LogP contribution in [-0.2, 0) is 4.89 Å². The molecule has 1 N–H and O–H groups in total. The van der Waals surface area contributed by atoms with Crippen LogP contribution < -0.4 is 0 Å². The van der Waals surface area contributed by atoms with Crippen LogP contribution in [0.4, 0.5) is 0 Å². The van der Waals surface area contributed by atoms with Crippen LogP contribution in [0.2, 0.25) is 0 Å². The standard InChI is InChI=1S/C14H20O2/c1-11-7-9-13(10-8-11)14(16-15)12-5-3-2-4-6-12/h2-6,11,13-15H,7-10H2,1H3. The summed E-state index contributed by atoms with van der Waals surface area (Å²) < 4.78 is 0. The van der Waals surface area contributed by atoms with E-state index in [1.54, 1.807) is 0 Å². The maximum atomic E-state index is 9.10. The maximum Gasteiger partial charge on any atom is 0.120 e. The second-order valence-corrected chi connectivity index (χ2v) is 4.96. The Labute approximate surface area is 97.2 Å². The van der Waals surface area contributed by atoms with Crippen molar-refractivity contribution in [3.05, 3.63) is 35.9 Å². The summed E-state index contributed by atoms with van der Waals surface area (Å²) in [5, 5.41) is 9.10. The van der Waals surface area contributed by atoms with Crippen LogP contribution in [0.15, 0.2) is 30.3 Å². The minimum atomic E-state index is -0.145. The molecule has 1 atom stereocenters. The molecule has 88 valence electrons. The third-order valence-electron chi connectivity index (χ3n) is 3.73. The fourth-order valence-electron chi connectivity index (χ4n) is 2.65. The number of benzene rings is 1. The van der Waals surface area contributed by atoms with Crippen molar-refractivity contribution in [1.29, 1.82) is 0 Å². The summed E-state index contributed by atoms with van der Waals surface area (Å²) in [7, 11) is 0. The first-order chi connectivity index (χ1) is 7.81. The van der Waals surface area contributed by atoms with Crippen LogP contribution in [0, 0.1) is 11.8 Å². The number of hydrogen-bond acceptors (Lipinski definition) is 2. The molecule has 0 saturated heterocycles. The lowest BCUT2D eigenvalue weighted by Gasteiger charge is -2.30. The van der Waals surface area contributed by atoms with Gasteiger partial charge in [-0.2, -0.15) is 0 Å². The van der Waals surface area contributed by atoms with Crippen LogP contribution in [0.1, 0.15) is 44.3 Å². The fraction of sp³-hybridized carbons (Fsp3) is 0.571. The monoisotopic (exact) mass is 220 g/mol. The number of hydrogen-bond donors (Lipinski definition) is 1. The van der Waals surface area contributed by atoms with Crippen molar-refractivity contribution < 1.29 is 10.1 Å². The molecule has 0 spiro atoms. The highest BCUT2D eigenvalue weighted by atomic mass is 17.1. The first kappa shape index (κ1) is 11.6. The summed E-state index contributed by atoms with van der Waals surface area (Å²) in [5.74, 6) is 1.29. The largest absolute Gasteiger partial charge is 0.251 e. The molecule has 1 aromatic rings. The van der Waals surface area contributed by atoms with Crippen molar-refractivity contribution in [2.45, 2.75) is 38.7 Å². The van der Waals surface area contributed by atoms with Gasteiger partial charge in [-0.15, -0.1) is 0 Å². The van der Waals surface area contributed by atoms with Crippen molar-refractivity contribution in [3.63, 3.8) is 0 Å². The zero-order valence-electron chi connectivity index (χ0n) is 9.80. The van der Waals surface area contributed by atoms with Gasteiger partial charge >= 0.3 is 0 Å². The molecule has 2 nitrogen and oxygen atoms in total.